The van der Waals surface area contributed by atoms with Crippen molar-refractivity contribution < 1.29 is 4.79 Å². The molecule has 0 aromatic carbocycles. The topological polar surface area (TPSA) is 66.9 Å². The molecule has 1 aliphatic carbocycles. The predicted octanol–water partition coefficient (Wildman–Crippen LogP) is -0.545. The fraction of sp³-hybridized carbons (Fsp3) is 0.500. The smallest absolute Gasteiger partial charge is 0.325 e. The van der Waals surface area contributed by atoms with Crippen LogP contribution in [0, 0.1) is 0 Å². The molecule has 1 aliphatic rings. The quantitative estimate of drug-likeness (QED) is 0.657. The predicted molar refractivity (Wildman–Crippen MR) is 46.2 cm³/mol. The molecule has 1 saturated carbocycles. The van der Waals surface area contributed by atoms with Crippen molar-refractivity contribution in [2.75, 3.05) is 0 Å². The van der Waals surface area contributed by atoms with Gasteiger partial charge in [-0.2, -0.15) is 0 Å². The summed E-state index contributed by atoms with van der Waals surface area (Å²) in [6, 6.07) is 0.349. The Bertz CT molecular complexity index is 361. The standard InChI is InChI=1S/C8H11N3O2/c12-7(10-6-1-2-6)5-11-4-3-9-8(11)13/h3-4,6H,1-2,5H2,(H,9,13)(H,10,12). The number of aromatic amines is 1. The molecule has 1 aromatic rings. The zero-order chi connectivity index (χ0) is 9.26. The molecule has 0 aliphatic heterocycles. The molecule has 1 amide bonds. The third-order valence-electron chi connectivity index (χ3n) is 1.98. The second-order valence-electron chi connectivity index (χ2n) is 3.23. The molecule has 0 spiro atoms. The third kappa shape index (κ3) is 1.99. The third-order valence-corrected chi connectivity index (χ3v) is 1.98. The van der Waals surface area contributed by atoms with Crippen molar-refractivity contribution >= 4 is 5.91 Å². The van der Waals surface area contributed by atoms with E-state index in [0.29, 0.717) is 6.04 Å². The Labute approximate surface area is 74.8 Å². The molecule has 70 valence electrons. The molecule has 1 fully saturated rings. The van der Waals surface area contributed by atoms with Gasteiger partial charge in [0.25, 0.3) is 0 Å². The number of rotatable bonds is 3. The van der Waals surface area contributed by atoms with E-state index in [1.807, 2.05) is 0 Å². The summed E-state index contributed by atoms with van der Waals surface area (Å²) in [5.41, 5.74) is -0.244. The fourth-order valence-electron chi connectivity index (χ4n) is 1.13. The van der Waals surface area contributed by atoms with Crippen molar-refractivity contribution in [2.24, 2.45) is 0 Å². The second-order valence-corrected chi connectivity index (χ2v) is 3.23. The van der Waals surface area contributed by atoms with Gasteiger partial charge in [-0.25, -0.2) is 4.79 Å². The lowest BCUT2D eigenvalue weighted by atomic mass is 10.5. The highest BCUT2D eigenvalue weighted by atomic mass is 16.2. The van der Waals surface area contributed by atoms with E-state index in [1.165, 1.54) is 10.8 Å². The second kappa shape index (κ2) is 3.08. The highest BCUT2D eigenvalue weighted by molar-refractivity contribution is 5.76. The van der Waals surface area contributed by atoms with Crippen LogP contribution in [0.4, 0.5) is 0 Å². The van der Waals surface area contributed by atoms with Gasteiger partial charge in [-0.15, -0.1) is 0 Å². The van der Waals surface area contributed by atoms with Crippen LogP contribution in [0.15, 0.2) is 17.2 Å². The lowest BCUT2D eigenvalue weighted by Crippen LogP contribution is -2.32. The normalized spacial score (nSPS) is 15.7. The van der Waals surface area contributed by atoms with Crippen LogP contribution in [0.3, 0.4) is 0 Å². The van der Waals surface area contributed by atoms with Gasteiger partial charge in [0.15, 0.2) is 0 Å². The summed E-state index contributed by atoms with van der Waals surface area (Å²) in [6.45, 7) is 0.110. The number of H-pyrrole nitrogens is 1. The van der Waals surface area contributed by atoms with Crippen LogP contribution >= 0.6 is 0 Å². The van der Waals surface area contributed by atoms with E-state index in [-0.39, 0.29) is 18.1 Å². The molecule has 0 unspecified atom stereocenters. The van der Waals surface area contributed by atoms with Gasteiger partial charge >= 0.3 is 5.69 Å². The van der Waals surface area contributed by atoms with Crippen LogP contribution in [-0.4, -0.2) is 21.5 Å². The molecule has 13 heavy (non-hydrogen) atoms. The van der Waals surface area contributed by atoms with E-state index in [1.54, 1.807) is 6.20 Å². The summed E-state index contributed by atoms with van der Waals surface area (Å²) in [6.07, 6.45) is 5.21. The number of nitrogens with one attached hydrogen (secondary N) is 2. The van der Waals surface area contributed by atoms with Gasteiger partial charge in [-0.05, 0) is 12.8 Å². The maximum atomic E-state index is 11.2. The lowest BCUT2D eigenvalue weighted by Gasteiger charge is -2.02. The Morgan fingerprint density at radius 2 is 2.46 bits per heavy atom. The van der Waals surface area contributed by atoms with Gasteiger partial charge in [0.05, 0.1) is 0 Å². The van der Waals surface area contributed by atoms with E-state index >= 15 is 0 Å². The monoisotopic (exact) mass is 181 g/mol. The minimum absolute atomic E-state index is 0.0933. The van der Waals surface area contributed by atoms with E-state index in [0.717, 1.165) is 12.8 Å². The Kier molecular flexibility index (Phi) is 1.92. The van der Waals surface area contributed by atoms with Gasteiger partial charge in [0.2, 0.25) is 5.91 Å². The molecule has 2 rings (SSSR count). The molecule has 0 saturated heterocycles. The first-order valence-corrected chi connectivity index (χ1v) is 4.29. The minimum Gasteiger partial charge on any atom is -0.352 e. The Morgan fingerprint density at radius 3 is 3.00 bits per heavy atom. The van der Waals surface area contributed by atoms with E-state index in [4.69, 9.17) is 0 Å². The number of imidazole rings is 1. The number of hydrogen-bond acceptors (Lipinski definition) is 2. The molecule has 2 N–H and O–H groups in total. The Balaban J connectivity index is 1.93. The fourth-order valence-corrected chi connectivity index (χ4v) is 1.13. The number of hydrogen-bond donors (Lipinski definition) is 2. The number of carbonyl (C=O) groups excluding carboxylic acids is 1. The van der Waals surface area contributed by atoms with Crippen molar-refractivity contribution in [1.29, 1.82) is 0 Å². The molecule has 1 heterocycles. The first-order valence-electron chi connectivity index (χ1n) is 4.29. The molecule has 0 atom stereocenters. The Morgan fingerprint density at radius 1 is 1.69 bits per heavy atom. The van der Waals surface area contributed by atoms with E-state index < -0.39 is 0 Å². The van der Waals surface area contributed by atoms with Crippen molar-refractivity contribution in [2.45, 2.75) is 25.4 Å². The maximum absolute atomic E-state index is 11.2. The zero-order valence-electron chi connectivity index (χ0n) is 7.12. The van der Waals surface area contributed by atoms with Gasteiger partial charge in [-0.3, -0.25) is 9.36 Å². The van der Waals surface area contributed by atoms with E-state index in [9.17, 15) is 9.59 Å². The summed E-state index contributed by atoms with van der Waals surface area (Å²) in [7, 11) is 0. The molecular formula is C8H11N3O2. The SMILES string of the molecule is O=C(Cn1cc[nH]c1=O)NC1CC1. The van der Waals surface area contributed by atoms with Crippen LogP contribution in [0.5, 0.6) is 0 Å². The van der Waals surface area contributed by atoms with Gasteiger partial charge in [0.1, 0.15) is 6.54 Å². The average Bonchev–Trinajstić information content (AvgIpc) is 2.79. The highest BCUT2D eigenvalue weighted by Gasteiger charge is 2.23. The number of carbonyl (C=O) groups is 1. The molecule has 1 aromatic heterocycles. The van der Waals surface area contributed by atoms with E-state index in [2.05, 4.69) is 10.3 Å². The largest absolute Gasteiger partial charge is 0.352 e. The van der Waals surface area contributed by atoms with Crippen LogP contribution in [0.2, 0.25) is 0 Å². The summed E-state index contributed by atoms with van der Waals surface area (Å²) < 4.78 is 1.34. The summed E-state index contributed by atoms with van der Waals surface area (Å²) in [5, 5.41) is 2.81. The first kappa shape index (κ1) is 8.10. The zero-order valence-corrected chi connectivity index (χ0v) is 7.12. The van der Waals surface area contributed by atoms with Crippen molar-refractivity contribution in [3.63, 3.8) is 0 Å². The maximum Gasteiger partial charge on any atom is 0.325 e. The molecule has 0 bridgehead atoms. The molecule has 5 heteroatoms. The average molecular weight is 181 g/mol. The first-order chi connectivity index (χ1) is 6.25. The van der Waals surface area contributed by atoms with Gasteiger partial charge in [-0.1, -0.05) is 0 Å². The van der Waals surface area contributed by atoms with Crippen molar-refractivity contribution in [1.82, 2.24) is 14.9 Å². The van der Waals surface area contributed by atoms with Gasteiger partial charge < -0.3 is 10.3 Å². The Hall–Kier alpha value is -1.52. The van der Waals surface area contributed by atoms with Crippen LogP contribution in [0.1, 0.15) is 12.8 Å². The van der Waals surface area contributed by atoms with Crippen molar-refractivity contribution in [3.05, 3.63) is 22.9 Å². The van der Waals surface area contributed by atoms with Crippen LogP contribution in [-0.2, 0) is 11.3 Å². The highest BCUT2D eigenvalue weighted by Crippen LogP contribution is 2.18. The van der Waals surface area contributed by atoms with Gasteiger partial charge in [0, 0.05) is 18.4 Å². The number of amides is 1. The molecule has 0 radical (unpaired) electrons. The van der Waals surface area contributed by atoms with Crippen molar-refractivity contribution in [3.8, 4) is 0 Å². The number of aromatic nitrogens is 2. The summed E-state index contributed by atoms with van der Waals surface area (Å²) >= 11 is 0. The summed E-state index contributed by atoms with van der Waals surface area (Å²) in [5.74, 6) is -0.0933. The minimum atomic E-state index is -0.244. The molecule has 5 nitrogen and oxygen atoms in total. The van der Waals surface area contributed by atoms with Crippen LogP contribution < -0.4 is 11.0 Å². The number of nitrogens with zero attached hydrogens (tertiary/aromatic N) is 1. The molecular weight excluding hydrogens is 170 g/mol. The van der Waals surface area contributed by atoms with Crippen LogP contribution in [0.25, 0.3) is 0 Å². The lowest BCUT2D eigenvalue weighted by molar-refractivity contribution is -0.121. The summed E-state index contributed by atoms with van der Waals surface area (Å²) in [4.78, 5) is 24.7.